The molecule has 3 rings (SSSR count). The first-order valence-electron chi connectivity index (χ1n) is 13.8. The number of hydrogen-bond acceptors (Lipinski definition) is 4. The van der Waals surface area contributed by atoms with Crippen molar-refractivity contribution in [2.45, 2.75) is 83.1 Å². The first kappa shape index (κ1) is 32.7. The van der Waals surface area contributed by atoms with E-state index in [1.165, 1.54) is 11.0 Å². The molecule has 12 heteroatoms. The molecule has 0 heterocycles. The van der Waals surface area contributed by atoms with Gasteiger partial charge in [-0.25, -0.2) is 8.42 Å². The van der Waals surface area contributed by atoms with Gasteiger partial charge in [0, 0.05) is 30.6 Å². The average molecular weight is 616 g/mol. The first-order chi connectivity index (χ1) is 19.3. The smallest absolute Gasteiger partial charge is 0.352 e. The molecule has 2 aromatic rings. The fourth-order valence-electron chi connectivity index (χ4n) is 5.12. The van der Waals surface area contributed by atoms with Crippen LogP contribution in [0, 0.1) is 0 Å². The Hall–Kier alpha value is -2.79. The van der Waals surface area contributed by atoms with Crippen LogP contribution in [0.2, 0.25) is 5.02 Å². The Morgan fingerprint density at radius 1 is 1.07 bits per heavy atom. The third-order valence-corrected chi connectivity index (χ3v) is 8.81. The molecule has 0 saturated heterocycles. The molecule has 1 atom stereocenters. The van der Waals surface area contributed by atoms with Gasteiger partial charge in [-0.05, 0) is 55.5 Å². The van der Waals surface area contributed by atoms with Gasteiger partial charge >= 0.3 is 6.18 Å². The number of carbonyl (C=O) groups is 2. The lowest BCUT2D eigenvalue weighted by Gasteiger charge is -2.33. The van der Waals surface area contributed by atoms with Gasteiger partial charge in [0.05, 0.1) is 17.5 Å². The summed E-state index contributed by atoms with van der Waals surface area (Å²) in [6, 6.07) is 10.4. The molecule has 0 unspecified atom stereocenters. The molecule has 41 heavy (non-hydrogen) atoms. The minimum absolute atomic E-state index is 0.0296. The van der Waals surface area contributed by atoms with Crippen LogP contribution in [0.4, 0.5) is 18.9 Å². The molecule has 0 radical (unpaired) electrons. The van der Waals surface area contributed by atoms with E-state index in [0.29, 0.717) is 17.0 Å². The van der Waals surface area contributed by atoms with Crippen molar-refractivity contribution >= 4 is 39.1 Å². The number of anilines is 1. The Bertz CT molecular complexity index is 1300. The second-order valence-corrected chi connectivity index (χ2v) is 12.7. The number of sulfonamides is 1. The highest BCUT2D eigenvalue weighted by Gasteiger charge is 2.33. The van der Waals surface area contributed by atoms with E-state index in [4.69, 9.17) is 11.6 Å². The number of rotatable bonds is 12. The highest BCUT2D eigenvalue weighted by molar-refractivity contribution is 7.92. The molecule has 1 aliphatic carbocycles. The van der Waals surface area contributed by atoms with E-state index in [2.05, 4.69) is 5.32 Å². The molecule has 0 aliphatic heterocycles. The van der Waals surface area contributed by atoms with E-state index in [1.54, 1.807) is 24.3 Å². The molecule has 0 aromatic heterocycles. The van der Waals surface area contributed by atoms with Crippen LogP contribution in [0.15, 0.2) is 48.5 Å². The number of amides is 2. The highest BCUT2D eigenvalue weighted by Crippen LogP contribution is 2.32. The van der Waals surface area contributed by atoms with Gasteiger partial charge in [-0.1, -0.05) is 62.1 Å². The minimum Gasteiger partial charge on any atom is -0.352 e. The third-order valence-electron chi connectivity index (χ3n) is 7.25. The molecule has 0 bridgehead atoms. The second-order valence-electron chi connectivity index (χ2n) is 10.4. The van der Waals surface area contributed by atoms with Crippen LogP contribution in [0.3, 0.4) is 0 Å². The van der Waals surface area contributed by atoms with Gasteiger partial charge in [0.1, 0.15) is 6.04 Å². The second kappa shape index (κ2) is 14.4. The summed E-state index contributed by atoms with van der Waals surface area (Å²) in [6.07, 6.45) is 1.50. The van der Waals surface area contributed by atoms with Crippen molar-refractivity contribution in [3.8, 4) is 0 Å². The van der Waals surface area contributed by atoms with Crippen LogP contribution in [0.1, 0.15) is 69.4 Å². The van der Waals surface area contributed by atoms with E-state index in [1.807, 2.05) is 6.92 Å². The minimum atomic E-state index is -4.64. The SMILES string of the molecule is CC[C@H](C(=O)NC1CCCCC1)N(Cc1ccccc1Cl)C(=O)CCCN(c1cccc(C(F)(F)F)c1)S(C)(=O)=O. The Morgan fingerprint density at radius 2 is 1.76 bits per heavy atom. The van der Waals surface area contributed by atoms with Crippen molar-refractivity contribution in [3.05, 3.63) is 64.7 Å². The monoisotopic (exact) mass is 615 g/mol. The van der Waals surface area contributed by atoms with E-state index in [-0.39, 0.29) is 49.5 Å². The highest BCUT2D eigenvalue weighted by atomic mass is 35.5. The molecule has 7 nitrogen and oxygen atoms in total. The maximum Gasteiger partial charge on any atom is 0.416 e. The fraction of sp³-hybridized carbons (Fsp3) is 0.517. The Morgan fingerprint density at radius 3 is 2.37 bits per heavy atom. The lowest BCUT2D eigenvalue weighted by atomic mass is 9.95. The molecule has 1 aliphatic rings. The zero-order valence-electron chi connectivity index (χ0n) is 23.3. The average Bonchev–Trinajstić information content (AvgIpc) is 2.91. The van der Waals surface area contributed by atoms with Gasteiger partial charge in [0.2, 0.25) is 21.8 Å². The summed E-state index contributed by atoms with van der Waals surface area (Å²) in [5.74, 6) is -0.630. The molecule has 1 saturated carbocycles. The number of carbonyl (C=O) groups excluding carboxylic acids is 2. The van der Waals surface area contributed by atoms with E-state index in [9.17, 15) is 31.2 Å². The van der Waals surface area contributed by atoms with Gasteiger partial charge in [-0.2, -0.15) is 13.2 Å². The maximum atomic E-state index is 13.6. The molecule has 2 aromatic carbocycles. The normalized spacial score (nSPS) is 15.3. The molecule has 1 fully saturated rings. The van der Waals surface area contributed by atoms with Crippen LogP contribution in [0.5, 0.6) is 0 Å². The Balaban J connectivity index is 1.79. The van der Waals surface area contributed by atoms with Crippen molar-refractivity contribution in [3.63, 3.8) is 0 Å². The zero-order valence-corrected chi connectivity index (χ0v) is 24.9. The van der Waals surface area contributed by atoms with Crippen molar-refractivity contribution in [2.75, 3.05) is 17.1 Å². The molecular formula is C29H37ClF3N3O4S. The predicted molar refractivity (Wildman–Crippen MR) is 154 cm³/mol. The molecular weight excluding hydrogens is 579 g/mol. The lowest BCUT2D eigenvalue weighted by molar-refractivity contribution is -0.141. The predicted octanol–water partition coefficient (Wildman–Crippen LogP) is 6.16. The van der Waals surface area contributed by atoms with Crippen molar-refractivity contribution in [1.82, 2.24) is 10.2 Å². The molecule has 226 valence electrons. The Kier molecular flexibility index (Phi) is 11.5. The summed E-state index contributed by atoms with van der Waals surface area (Å²) < 4.78 is 65.6. The van der Waals surface area contributed by atoms with Crippen LogP contribution in [-0.4, -0.2) is 50.0 Å². The first-order valence-corrected chi connectivity index (χ1v) is 16.0. The Labute approximate surface area is 245 Å². The van der Waals surface area contributed by atoms with Crippen LogP contribution in [0.25, 0.3) is 0 Å². The summed E-state index contributed by atoms with van der Waals surface area (Å²) in [6.45, 7) is 1.69. The topological polar surface area (TPSA) is 86.8 Å². The number of halogens is 4. The molecule has 1 N–H and O–H groups in total. The van der Waals surface area contributed by atoms with Gasteiger partial charge in [0.15, 0.2) is 0 Å². The number of alkyl halides is 3. The van der Waals surface area contributed by atoms with E-state index >= 15 is 0 Å². The van der Waals surface area contributed by atoms with Crippen LogP contribution in [-0.2, 0) is 32.3 Å². The fourth-order valence-corrected chi connectivity index (χ4v) is 6.27. The largest absolute Gasteiger partial charge is 0.416 e. The van der Waals surface area contributed by atoms with Gasteiger partial charge < -0.3 is 10.2 Å². The number of benzene rings is 2. The molecule has 0 spiro atoms. The summed E-state index contributed by atoms with van der Waals surface area (Å²) in [4.78, 5) is 28.4. The number of nitrogens with one attached hydrogen (secondary N) is 1. The van der Waals surface area contributed by atoms with Crippen molar-refractivity contribution < 1.29 is 31.2 Å². The summed E-state index contributed by atoms with van der Waals surface area (Å²) >= 11 is 6.37. The van der Waals surface area contributed by atoms with Gasteiger partial charge in [0.25, 0.3) is 0 Å². The van der Waals surface area contributed by atoms with E-state index in [0.717, 1.165) is 60.9 Å². The summed E-state index contributed by atoms with van der Waals surface area (Å²) in [5, 5.41) is 3.54. The summed E-state index contributed by atoms with van der Waals surface area (Å²) in [7, 11) is -3.94. The zero-order chi connectivity index (χ0) is 30.2. The van der Waals surface area contributed by atoms with Gasteiger partial charge in [-0.3, -0.25) is 13.9 Å². The number of hydrogen-bond donors (Lipinski definition) is 1. The maximum absolute atomic E-state index is 13.6. The van der Waals surface area contributed by atoms with Crippen LogP contribution < -0.4 is 9.62 Å². The van der Waals surface area contributed by atoms with Crippen LogP contribution >= 0.6 is 11.6 Å². The van der Waals surface area contributed by atoms with E-state index < -0.39 is 27.8 Å². The quantitative estimate of drug-likeness (QED) is 0.310. The lowest BCUT2D eigenvalue weighted by Crippen LogP contribution is -2.51. The molecule has 2 amide bonds. The van der Waals surface area contributed by atoms with Crippen molar-refractivity contribution in [1.29, 1.82) is 0 Å². The van der Waals surface area contributed by atoms with Crippen molar-refractivity contribution in [2.24, 2.45) is 0 Å². The standard InChI is InChI=1S/C29H37ClF3N3O4S/c1-3-26(28(38)34-23-13-5-4-6-14-23)35(20-21-11-7-8-16-25(21)30)27(37)17-10-18-36(41(2,39)40)24-15-9-12-22(19-24)29(31,32)33/h7-9,11-12,15-16,19,23,26H,3-6,10,13-14,17-18,20H2,1-2H3,(H,34,38)/t26-/m1/s1. The number of nitrogens with zero attached hydrogens (tertiary/aromatic N) is 2. The summed E-state index contributed by atoms with van der Waals surface area (Å²) in [5.41, 5.74) is -0.449. The third kappa shape index (κ3) is 9.36. The van der Waals surface area contributed by atoms with Gasteiger partial charge in [-0.15, -0.1) is 0 Å².